The molecule has 2 saturated heterocycles. The van der Waals surface area contributed by atoms with Gasteiger partial charge in [0, 0.05) is 54.8 Å². The molecule has 2 aliphatic heterocycles. The summed E-state index contributed by atoms with van der Waals surface area (Å²) < 4.78 is 20.6. The van der Waals surface area contributed by atoms with Crippen LogP contribution >= 0.6 is 23.2 Å². The summed E-state index contributed by atoms with van der Waals surface area (Å²) in [7, 11) is 0. The first-order chi connectivity index (χ1) is 16.6. The molecule has 5 rings (SSSR count). The normalized spacial score (nSPS) is 23.2. The number of ether oxygens (including phenoxy) is 3. The zero-order valence-electron chi connectivity index (χ0n) is 18.8. The molecule has 0 amide bonds. The van der Waals surface area contributed by atoms with Crippen LogP contribution in [0.2, 0.25) is 10.0 Å². The molecule has 2 aromatic carbocycles. The van der Waals surface area contributed by atoms with Crippen LogP contribution in [0.4, 0.5) is 5.69 Å². The maximum absolute atomic E-state index is 6.53. The predicted octanol–water partition coefficient (Wildman–Crippen LogP) is 4.08. The van der Waals surface area contributed by atoms with Crippen LogP contribution in [0.1, 0.15) is 11.1 Å². The summed E-state index contributed by atoms with van der Waals surface area (Å²) >= 11 is 12.6. The van der Waals surface area contributed by atoms with E-state index in [9.17, 15) is 0 Å². The van der Waals surface area contributed by atoms with Crippen molar-refractivity contribution in [3.63, 3.8) is 0 Å². The third-order valence-corrected chi connectivity index (χ3v) is 6.75. The zero-order chi connectivity index (χ0) is 23.4. The molecule has 34 heavy (non-hydrogen) atoms. The minimum Gasteiger partial charge on any atom is -0.369 e. The van der Waals surface area contributed by atoms with Crippen molar-refractivity contribution >= 4 is 28.9 Å². The van der Waals surface area contributed by atoms with Crippen molar-refractivity contribution in [2.45, 2.75) is 25.0 Å². The highest BCUT2D eigenvalue weighted by molar-refractivity contribution is 6.35. The number of nitrogens with one attached hydrogen (secondary N) is 1. The Hall–Kier alpha value is -2.13. The summed E-state index contributed by atoms with van der Waals surface area (Å²) in [6.45, 7) is 5.78. The van der Waals surface area contributed by atoms with E-state index in [4.69, 9.17) is 37.4 Å². The number of piperazine rings is 1. The molecule has 3 aromatic rings. The molecule has 0 unspecified atom stereocenters. The van der Waals surface area contributed by atoms with E-state index in [2.05, 4.69) is 39.5 Å². The van der Waals surface area contributed by atoms with Crippen molar-refractivity contribution < 1.29 is 14.2 Å². The number of nitrogens with zero attached hydrogens (tertiary/aromatic N) is 3. The molecule has 1 N–H and O–H groups in total. The van der Waals surface area contributed by atoms with Gasteiger partial charge in [0.1, 0.15) is 6.10 Å². The minimum atomic E-state index is -1.05. The summed E-state index contributed by atoms with van der Waals surface area (Å²) in [5.74, 6) is -1.05. The third-order valence-electron chi connectivity index (χ3n) is 6.20. The van der Waals surface area contributed by atoms with E-state index in [1.54, 1.807) is 24.7 Å². The molecule has 0 aliphatic carbocycles. The second-order valence-corrected chi connectivity index (χ2v) is 9.41. The SMILES string of the molecule is Clc1ccc([C@]2(Cn3ccnc3)OC[C@H](OCc3ccc(N4CCNCC4)cc3)CO2)c(Cl)c1. The van der Waals surface area contributed by atoms with Crippen molar-refractivity contribution in [2.24, 2.45) is 0 Å². The van der Waals surface area contributed by atoms with Gasteiger partial charge in [-0.25, -0.2) is 4.98 Å². The van der Waals surface area contributed by atoms with Crippen LogP contribution < -0.4 is 10.2 Å². The zero-order valence-corrected chi connectivity index (χ0v) is 20.3. The van der Waals surface area contributed by atoms with Gasteiger partial charge in [-0.3, -0.25) is 0 Å². The number of rotatable bonds is 7. The van der Waals surface area contributed by atoms with Gasteiger partial charge in [0.15, 0.2) is 0 Å². The molecule has 7 nitrogen and oxygen atoms in total. The van der Waals surface area contributed by atoms with Gasteiger partial charge in [-0.05, 0) is 29.8 Å². The van der Waals surface area contributed by atoms with Crippen LogP contribution in [0.15, 0.2) is 61.2 Å². The highest BCUT2D eigenvalue weighted by Crippen LogP contribution is 2.38. The fraction of sp³-hybridized carbons (Fsp3) is 0.400. The van der Waals surface area contributed by atoms with Gasteiger partial charge < -0.3 is 29.0 Å². The molecule has 0 radical (unpaired) electrons. The molecule has 9 heteroatoms. The summed E-state index contributed by atoms with van der Waals surface area (Å²) in [6, 6.07) is 13.9. The van der Waals surface area contributed by atoms with E-state index in [-0.39, 0.29) is 6.10 Å². The van der Waals surface area contributed by atoms with E-state index >= 15 is 0 Å². The van der Waals surface area contributed by atoms with E-state index in [0.717, 1.165) is 37.3 Å². The molecule has 1 aromatic heterocycles. The second kappa shape index (κ2) is 10.6. The Balaban J connectivity index is 1.22. The Morgan fingerprint density at radius 2 is 1.82 bits per heavy atom. The average Bonchev–Trinajstić information content (AvgIpc) is 3.37. The third kappa shape index (κ3) is 5.40. The number of benzene rings is 2. The smallest absolute Gasteiger partial charge is 0.215 e. The molecular formula is C25H28Cl2N4O3. The first-order valence-electron chi connectivity index (χ1n) is 11.5. The highest BCUT2D eigenvalue weighted by Gasteiger charge is 2.42. The lowest BCUT2D eigenvalue weighted by Crippen LogP contribution is -2.47. The molecule has 180 valence electrons. The first kappa shape index (κ1) is 23.6. The second-order valence-electron chi connectivity index (χ2n) is 8.57. The van der Waals surface area contributed by atoms with E-state index in [1.165, 1.54) is 5.69 Å². The van der Waals surface area contributed by atoms with E-state index < -0.39 is 5.79 Å². The monoisotopic (exact) mass is 502 g/mol. The quantitative estimate of drug-likeness (QED) is 0.525. The molecule has 0 spiro atoms. The largest absolute Gasteiger partial charge is 0.369 e. The number of imidazole rings is 1. The Bertz CT molecular complexity index is 1060. The lowest BCUT2D eigenvalue weighted by molar-refractivity contribution is -0.313. The van der Waals surface area contributed by atoms with Gasteiger partial charge in [0.05, 0.1) is 37.7 Å². The molecule has 2 fully saturated rings. The number of halogens is 2. The van der Waals surface area contributed by atoms with E-state index in [0.29, 0.717) is 36.4 Å². The molecule has 3 heterocycles. The molecule has 0 saturated carbocycles. The van der Waals surface area contributed by atoms with Gasteiger partial charge in [0.2, 0.25) is 5.79 Å². The maximum atomic E-state index is 6.53. The van der Waals surface area contributed by atoms with Crippen LogP contribution in [0.3, 0.4) is 0 Å². The summed E-state index contributed by atoms with van der Waals surface area (Å²) in [5.41, 5.74) is 3.10. The number of anilines is 1. The van der Waals surface area contributed by atoms with Crippen molar-refractivity contribution in [2.75, 3.05) is 44.3 Å². The fourth-order valence-corrected chi connectivity index (χ4v) is 4.88. The number of aromatic nitrogens is 2. The molecule has 0 atom stereocenters. The van der Waals surface area contributed by atoms with Gasteiger partial charge in [-0.1, -0.05) is 41.4 Å². The Kier molecular flexibility index (Phi) is 7.39. The maximum Gasteiger partial charge on any atom is 0.215 e. The fourth-order valence-electron chi connectivity index (χ4n) is 4.33. The highest BCUT2D eigenvalue weighted by atomic mass is 35.5. The lowest BCUT2D eigenvalue weighted by Gasteiger charge is -2.41. The standard InChI is InChI=1S/C25H28Cl2N4O3/c26-20-3-6-23(24(27)13-20)25(17-30-10-7-29-18-30)33-15-22(16-34-25)32-14-19-1-4-21(5-2-19)31-11-8-28-9-12-31/h1-7,10,13,18,22,28H,8-9,11-12,14-17H2/t22-,25+. The van der Waals surface area contributed by atoms with Crippen LogP contribution in [-0.2, 0) is 33.1 Å². The van der Waals surface area contributed by atoms with Crippen LogP contribution in [-0.4, -0.2) is 55.0 Å². The Morgan fingerprint density at radius 1 is 1.06 bits per heavy atom. The van der Waals surface area contributed by atoms with Gasteiger partial charge in [-0.15, -0.1) is 0 Å². The van der Waals surface area contributed by atoms with Gasteiger partial charge in [-0.2, -0.15) is 0 Å². The first-order valence-corrected chi connectivity index (χ1v) is 12.2. The van der Waals surface area contributed by atoms with Crippen LogP contribution in [0.5, 0.6) is 0 Å². The average molecular weight is 503 g/mol. The van der Waals surface area contributed by atoms with Crippen molar-refractivity contribution in [1.82, 2.24) is 14.9 Å². The van der Waals surface area contributed by atoms with Crippen molar-refractivity contribution in [3.05, 3.63) is 82.4 Å². The van der Waals surface area contributed by atoms with Crippen LogP contribution in [0, 0.1) is 0 Å². The number of hydrogen-bond acceptors (Lipinski definition) is 6. The van der Waals surface area contributed by atoms with Crippen molar-refractivity contribution in [1.29, 1.82) is 0 Å². The van der Waals surface area contributed by atoms with Gasteiger partial charge >= 0.3 is 0 Å². The topological polar surface area (TPSA) is 60.8 Å². The molecule has 2 aliphatic rings. The summed E-state index contributed by atoms with van der Waals surface area (Å²) in [4.78, 5) is 6.52. The molecular weight excluding hydrogens is 475 g/mol. The van der Waals surface area contributed by atoms with Crippen LogP contribution in [0.25, 0.3) is 0 Å². The summed E-state index contributed by atoms with van der Waals surface area (Å²) in [5, 5.41) is 4.44. The minimum absolute atomic E-state index is 0.185. The van der Waals surface area contributed by atoms with Gasteiger partial charge in [0.25, 0.3) is 0 Å². The lowest BCUT2D eigenvalue weighted by atomic mass is 10.0. The van der Waals surface area contributed by atoms with Crippen molar-refractivity contribution in [3.8, 4) is 0 Å². The number of hydrogen-bond donors (Lipinski definition) is 1. The van der Waals surface area contributed by atoms with E-state index in [1.807, 2.05) is 16.8 Å². The predicted molar refractivity (Wildman–Crippen MR) is 132 cm³/mol. The molecule has 0 bridgehead atoms. The Labute approximate surface area is 209 Å². The summed E-state index contributed by atoms with van der Waals surface area (Å²) in [6.07, 6.45) is 5.13. The Morgan fingerprint density at radius 3 is 2.50 bits per heavy atom.